The fourth-order valence-corrected chi connectivity index (χ4v) is 10.2. The summed E-state index contributed by atoms with van der Waals surface area (Å²) in [5, 5.41) is 0. The number of aryl methyl sites for hydroxylation is 4. The Kier molecular flexibility index (Phi) is 12.5. The first-order chi connectivity index (χ1) is 36.1. The molecule has 3 aromatic heterocycles. The molecule has 2 N–H and O–H groups in total. The maximum atomic E-state index is 5.67. The molecule has 8 bridgehead atoms. The van der Waals surface area contributed by atoms with Crippen LogP contribution >= 0.6 is 0 Å². The van der Waals surface area contributed by atoms with Crippen molar-refractivity contribution in [2.24, 2.45) is 0 Å². The number of fused-ring (bicyclic) bond motifs is 8. The van der Waals surface area contributed by atoms with Crippen LogP contribution in [0.15, 0.2) is 158 Å². The molecule has 6 aromatic carbocycles. The average molecular weight is 973 g/mol. The number of H-pyrrole nitrogens is 2. The van der Waals surface area contributed by atoms with E-state index in [0.717, 1.165) is 146 Å². The number of rotatable bonds is 12. The Morgan fingerprint density at radius 2 is 0.595 bits per heavy atom. The van der Waals surface area contributed by atoms with E-state index in [0.29, 0.717) is 0 Å². The van der Waals surface area contributed by atoms with E-state index in [1.165, 1.54) is 0 Å². The van der Waals surface area contributed by atoms with E-state index in [4.69, 9.17) is 28.9 Å². The molecule has 2 aliphatic rings. The zero-order valence-corrected chi connectivity index (χ0v) is 42.7. The van der Waals surface area contributed by atoms with Crippen LogP contribution in [0.5, 0.6) is 23.0 Å². The van der Waals surface area contributed by atoms with Gasteiger partial charge in [0.1, 0.15) is 23.0 Å². The SMILES string of the molecule is COc1ccc(N(c2ccc(OC)cc2)c2c3nc(c(-c4cc(C)cc(C)c4)c4ccc([nH]4)c(N(c4ccc(OC)cc4)c4ccc(OC)cc4)c4nc(c(-c5cc(C)cc(C)c5)c5ccc2[nH]5)C=C4)C=C3)cc1. The van der Waals surface area contributed by atoms with Crippen LogP contribution in [-0.4, -0.2) is 48.4 Å². The van der Waals surface area contributed by atoms with E-state index in [-0.39, 0.29) is 0 Å². The molecule has 0 saturated carbocycles. The summed E-state index contributed by atoms with van der Waals surface area (Å²) in [6.07, 6.45) is 8.52. The maximum Gasteiger partial charge on any atom is 0.119 e. The molecule has 11 rings (SSSR count). The molecule has 0 aliphatic carbocycles. The van der Waals surface area contributed by atoms with Crippen LogP contribution in [-0.2, 0) is 0 Å². The second kappa shape index (κ2) is 19.7. The van der Waals surface area contributed by atoms with Gasteiger partial charge in [0.25, 0.3) is 0 Å². The first-order valence-corrected chi connectivity index (χ1v) is 24.6. The minimum atomic E-state index is 0.756. The van der Waals surface area contributed by atoms with Crippen molar-refractivity contribution in [3.8, 4) is 45.3 Å². The monoisotopic (exact) mass is 972 g/mol. The minimum Gasteiger partial charge on any atom is -0.497 e. The minimum absolute atomic E-state index is 0.756. The van der Waals surface area contributed by atoms with E-state index in [9.17, 15) is 0 Å². The van der Waals surface area contributed by atoms with Crippen LogP contribution in [0.3, 0.4) is 0 Å². The van der Waals surface area contributed by atoms with Crippen molar-refractivity contribution in [3.63, 3.8) is 0 Å². The molecule has 10 nitrogen and oxygen atoms in total. The van der Waals surface area contributed by atoms with E-state index in [2.05, 4.69) is 181 Å². The highest BCUT2D eigenvalue weighted by Crippen LogP contribution is 2.45. The van der Waals surface area contributed by atoms with Crippen LogP contribution in [0.25, 0.3) is 68.6 Å². The van der Waals surface area contributed by atoms with Crippen molar-refractivity contribution in [2.75, 3.05) is 38.2 Å². The summed E-state index contributed by atoms with van der Waals surface area (Å²) in [5.41, 5.74) is 20.6. The summed E-state index contributed by atoms with van der Waals surface area (Å²) in [6, 6.07) is 54.5. The van der Waals surface area contributed by atoms with Gasteiger partial charge in [-0.3, -0.25) is 0 Å². The van der Waals surface area contributed by atoms with Gasteiger partial charge in [0, 0.05) is 44.9 Å². The van der Waals surface area contributed by atoms with Crippen LogP contribution in [0.2, 0.25) is 0 Å². The Morgan fingerprint density at radius 1 is 0.324 bits per heavy atom. The Labute approximate surface area is 431 Å². The summed E-state index contributed by atoms with van der Waals surface area (Å²) in [7, 11) is 6.74. The molecular formula is C64H56N6O4. The van der Waals surface area contributed by atoms with Crippen LogP contribution in [0, 0.1) is 27.7 Å². The molecule has 0 atom stereocenters. The first-order valence-electron chi connectivity index (χ1n) is 24.6. The van der Waals surface area contributed by atoms with E-state index >= 15 is 0 Å². The number of hydrogen-bond acceptors (Lipinski definition) is 8. The van der Waals surface area contributed by atoms with Crippen molar-refractivity contribution in [2.45, 2.75) is 27.7 Å². The third kappa shape index (κ3) is 9.02. The van der Waals surface area contributed by atoms with Gasteiger partial charge in [-0.2, -0.15) is 0 Å². The lowest BCUT2D eigenvalue weighted by Crippen LogP contribution is -2.12. The fourth-order valence-electron chi connectivity index (χ4n) is 10.2. The number of hydrogen-bond donors (Lipinski definition) is 2. The molecule has 0 fully saturated rings. The standard InChI is InChI=1S/C64H56N6O4/c1-39-33-40(2)36-43(35-39)61-53-25-29-57(65-53)63(69(45-9-17-49(71-5)18-10-45)46-11-19-50(72-6)20-12-46)59-31-27-55(67-59)62(44-37-41(3)34-42(4)38-44)56-28-32-60(68-56)64(58-30-26-54(61)66-58)70(47-13-21-51(73-7)22-14-47)48-15-23-52(74-8)24-16-48/h9-38,65,68H,1-8H3. The number of nitrogens with one attached hydrogen (secondary N) is 2. The Balaban J connectivity index is 1.32. The van der Waals surface area contributed by atoms with Crippen molar-refractivity contribution >= 4 is 80.5 Å². The highest BCUT2D eigenvalue weighted by Gasteiger charge is 2.25. The van der Waals surface area contributed by atoms with Crippen LogP contribution < -0.4 is 28.7 Å². The van der Waals surface area contributed by atoms with Crippen molar-refractivity contribution in [1.29, 1.82) is 0 Å². The second-order valence-corrected chi connectivity index (χ2v) is 18.7. The molecule has 10 heteroatoms. The summed E-state index contributed by atoms with van der Waals surface area (Å²) in [4.78, 5) is 23.8. The molecule has 0 saturated heterocycles. The highest BCUT2D eigenvalue weighted by atomic mass is 16.5. The molecule has 2 aliphatic heterocycles. The van der Waals surface area contributed by atoms with Gasteiger partial charge in [0.2, 0.25) is 0 Å². The van der Waals surface area contributed by atoms with E-state index < -0.39 is 0 Å². The van der Waals surface area contributed by atoms with Gasteiger partial charge in [-0.05, 0) is 184 Å². The quantitative estimate of drug-likeness (QED) is 0.125. The third-order valence-electron chi connectivity index (χ3n) is 13.5. The molecule has 0 amide bonds. The highest BCUT2D eigenvalue weighted by molar-refractivity contribution is 6.02. The third-order valence-corrected chi connectivity index (χ3v) is 13.5. The normalized spacial score (nSPS) is 11.7. The van der Waals surface area contributed by atoms with Gasteiger partial charge in [-0.25, -0.2) is 9.97 Å². The molecule has 0 unspecified atom stereocenters. The van der Waals surface area contributed by atoms with Crippen molar-refractivity contribution in [1.82, 2.24) is 19.9 Å². The Bertz CT molecular complexity index is 3430. The summed E-state index contributed by atoms with van der Waals surface area (Å²) in [6.45, 7) is 8.56. The number of nitrogens with zero attached hydrogens (tertiary/aromatic N) is 4. The molecule has 74 heavy (non-hydrogen) atoms. The van der Waals surface area contributed by atoms with Gasteiger partial charge in [-0.1, -0.05) is 58.7 Å². The Hall–Kier alpha value is -9.28. The summed E-state index contributed by atoms with van der Waals surface area (Å²) in [5.74, 6) is 3.02. The zero-order valence-electron chi connectivity index (χ0n) is 42.7. The number of benzene rings is 6. The van der Waals surface area contributed by atoms with Gasteiger partial charge in [0.15, 0.2) is 0 Å². The predicted molar refractivity (Wildman–Crippen MR) is 304 cm³/mol. The van der Waals surface area contributed by atoms with Crippen LogP contribution in [0.1, 0.15) is 45.0 Å². The average Bonchev–Trinajstić information content (AvgIpc) is 4.27. The maximum absolute atomic E-state index is 5.67. The molecule has 0 radical (unpaired) electrons. The predicted octanol–water partition coefficient (Wildman–Crippen LogP) is 16.2. The van der Waals surface area contributed by atoms with Gasteiger partial charge >= 0.3 is 0 Å². The van der Waals surface area contributed by atoms with E-state index in [1.54, 1.807) is 28.4 Å². The first kappa shape index (κ1) is 47.1. The number of aromatic amines is 2. The smallest absolute Gasteiger partial charge is 0.119 e. The molecule has 5 heterocycles. The Morgan fingerprint density at radius 3 is 0.878 bits per heavy atom. The lowest BCUT2D eigenvalue weighted by atomic mass is 9.99. The molecule has 366 valence electrons. The van der Waals surface area contributed by atoms with E-state index in [1.807, 2.05) is 48.5 Å². The lowest BCUT2D eigenvalue weighted by Gasteiger charge is -2.26. The summed E-state index contributed by atoms with van der Waals surface area (Å²) >= 11 is 0. The zero-order chi connectivity index (χ0) is 51.0. The van der Waals surface area contributed by atoms with Gasteiger partial charge in [0.05, 0.1) is 73.6 Å². The topological polar surface area (TPSA) is 101 Å². The number of anilines is 6. The second-order valence-electron chi connectivity index (χ2n) is 18.7. The van der Waals surface area contributed by atoms with Crippen molar-refractivity contribution < 1.29 is 18.9 Å². The van der Waals surface area contributed by atoms with Gasteiger partial charge < -0.3 is 38.7 Å². The largest absolute Gasteiger partial charge is 0.497 e. The lowest BCUT2D eigenvalue weighted by molar-refractivity contribution is 0.414. The molecule has 0 spiro atoms. The van der Waals surface area contributed by atoms with Crippen LogP contribution in [0.4, 0.5) is 34.1 Å². The number of ether oxygens (including phenoxy) is 4. The fraction of sp³-hybridized carbons (Fsp3) is 0.125. The summed E-state index contributed by atoms with van der Waals surface area (Å²) < 4.78 is 22.7. The van der Waals surface area contributed by atoms with Gasteiger partial charge in [-0.15, -0.1) is 0 Å². The number of aromatic nitrogens is 4. The van der Waals surface area contributed by atoms with Crippen molar-refractivity contribution in [3.05, 3.63) is 203 Å². The number of methoxy groups -OCH3 is 4. The molecule has 9 aromatic rings. The molecular weight excluding hydrogens is 917 g/mol.